The molecule has 20 heteroatoms. The molecule has 0 unspecified atom stereocenters. The van der Waals surface area contributed by atoms with Gasteiger partial charge in [-0.1, -0.05) is 67.6 Å². The van der Waals surface area contributed by atoms with E-state index in [2.05, 4.69) is 47.1 Å². The van der Waals surface area contributed by atoms with Gasteiger partial charge in [-0.05, 0) is 102 Å². The highest BCUT2D eigenvalue weighted by atomic mass is 19.1. The van der Waals surface area contributed by atoms with Gasteiger partial charge >= 0.3 is 6.01 Å². The van der Waals surface area contributed by atoms with E-state index in [1.165, 1.54) is 15.6 Å². The lowest BCUT2D eigenvalue weighted by Crippen LogP contribution is -2.50. The van der Waals surface area contributed by atoms with Crippen molar-refractivity contribution in [2.75, 3.05) is 44.4 Å². The maximum atomic E-state index is 16.2. The van der Waals surface area contributed by atoms with Gasteiger partial charge in [0.1, 0.15) is 47.6 Å². The minimum Gasteiger partial charge on any atom is -0.486 e. The van der Waals surface area contributed by atoms with E-state index >= 15 is 4.39 Å². The van der Waals surface area contributed by atoms with Crippen LogP contribution in [0, 0.1) is 25.6 Å². The smallest absolute Gasteiger partial charge is 0.319 e. The Bertz CT molecular complexity index is 3690. The van der Waals surface area contributed by atoms with Crippen LogP contribution in [0.3, 0.4) is 0 Å². The molecule has 5 N–H and O–H groups in total. The number of carbonyl (C=O) groups is 2. The number of aliphatic hydroxyl groups is 2. The number of nitrogens with zero attached hydrogens (tertiary/aromatic N) is 9. The van der Waals surface area contributed by atoms with E-state index in [-0.39, 0.29) is 67.9 Å². The third-order valence-electron chi connectivity index (χ3n) is 17.2. The number of hydrogen-bond acceptors (Lipinski definition) is 15. The van der Waals surface area contributed by atoms with Gasteiger partial charge in [-0.15, -0.1) is 5.10 Å². The highest BCUT2D eigenvalue weighted by molar-refractivity contribution is 6.06. The number of rotatable bonds is 17. The number of hydrogen-bond donors (Lipinski definition) is 5. The number of likely N-dealkylation sites (tertiary alicyclic amines) is 1. The topological polar surface area (TPSA) is 231 Å². The van der Waals surface area contributed by atoms with Gasteiger partial charge in [0.15, 0.2) is 5.75 Å². The second kappa shape index (κ2) is 22.1. The predicted octanol–water partition coefficient (Wildman–Crippen LogP) is 7.82. The number of carbonyl (C=O) groups excluding carboxylic acids is 2. The fourth-order valence-corrected chi connectivity index (χ4v) is 12.7. The lowest BCUT2D eigenvalue weighted by Gasteiger charge is -2.31. The molecule has 8 heterocycles. The van der Waals surface area contributed by atoms with Crippen LogP contribution in [-0.2, 0) is 20.9 Å². The van der Waals surface area contributed by atoms with E-state index in [1.807, 2.05) is 82.3 Å². The summed E-state index contributed by atoms with van der Waals surface area (Å²) in [5, 5.41) is 46.0. The van der Waals surface area contributed by atoms with E-state index in [0.29, 0.717) is 58.4 Å². The molecule has 5 fully saturated rings. The lowest BCUT2D eigenvalue weighted by atomic mass is 9.88. The fraction of sp³-hybridized carbons (Fsp3) is 0.419. The summed E-state index contributed by atoms with van der Waals surface area (Å²) in [7, 11) is 0. The van der Waals surface area contributed by atoms with Crippen molar-refractivity contribution < 1.29 is 38.4 Å². The summed E-state index contributed by atoms with van der Waals surface area (Å²) in [6, 6.07) is 19.4. The van der Waals surface area contributed by atoms with E-state index in [1.54, 1.807) is 24.8 Å². The molecule has 8 aromatic rings. The first kappa shape index (κ1) is 53.4. The molecule has 2 bridgehead atoms. The van der Waals surface area contributed by atoms with Crippen LogP contribution in [0.4, 0.5) is 10.2 Å². The van der Waals surface area contributed by atoms with Crippen LogP contribution in [0.5, 0.6) is 11.8 Å². The molecule has 82 heavy (non-hydrogen) atoms. The maximum absolute atomic E-state index is 16.2. The zero-order valence-electron chi connectivity index (χ0n) is 46.4. The summed E-state index contributed by atoms with van der Waals surface area (Å²) in [5.41, 5.74) is 10.1. The molecule has 1 saturated carbocycles. The molecule has 0 radical (unpaired) electrons. The summed E-state index contributed by atoms with van der Waals surface area (Å²) in [5.74, 6) is 0.0772. The minimum absolute atomic E-state index is 0.0386. The summed E-state index contributed by atoms with van der Waals surface area (Å²) in [4.78, 5) is 47.2. The molecule has 4 aliphatic heterocycles. The third-order valence-corrected chi connectivity index (χ3v) is 17.2. The Morgan fingerprint density at radius 2 is 1.72 bits per heavy atom. The van der Waals surface area contributed by atoms with Gasteiger partial charge in [-0.3, -0.25) is 19.7 Å². The van der Waals surface area contributed by atoms with Gasteiger partial charge in [0.2, 0.25) is 11.8 Å². The number of piperazine rings is 1. The van der Waals surface area contributed by atoms with Crippen molar-refractivity contribution in [3.8, 4) is 45.3 Å². The van der Waals surface area contributed by atoms with Crippen LogP contribution in [-0.4, -0.2) is 137 Å². The Morgan fingerprint density at radius 1 is 0.927 bits per heavy atom. The van der Waals surface area contributed by atoms with Crippen molar-refractivity contribution in [2.24, 2.45) is 5.92 Å². The van der Waals surface area contributed by atoms with Gasteiger partial charge in [0.05, 0.1) is 49.9 Å². The fourth-order valence-electron chi connectivity index (χ4n) is 12.7. The molecule has 6 atom stereocenters. The van der Waals surface area contributed by atoms with Gasteiger partial charge in [0, 0.05) is 90.8 Å². The van der Waals surface area contributed by atoms with Crippen molar-refractivity contribution in [1.29, 1.82) is 0 Å². The second-order valence-corrected chi connectivity index (χ2v) is 23.1. The van der Waals surface area contributed by atoms with Gasteiger partial charge in [-0.2, -0.15) is 15.1 Å². The van der Waals surface area contributed by atoms with Crippen molar-refractivity contribution in [2.45, 2.75) is 121 Å². The summed E-state index contributed by atoms with van der Waals surface area (Å²) in [6.07, 6.45) is 10.4. The number of ether oxygens (including phenoxy) is 3. The Labute approximate surface area is 473 Å². The van der Waals surface area contributed by atoms with Crippen LogP contribution in [0.2, 0.25) is 0 Å². The summed E-state index contributed by atoms with van der Waals surface area (Å²) < 4.78 is 37.2. The highest BCUT2D eigenvalue weighted by Crippen LogP contribution is 2.53. The first-order valence-electron chi connectivity index (χ1n) is 28.7. The van der Waals surface area contributed by atoms with Crippen LogP contribution in [0.1, 0.15) is 98.2 Å². The number of fused-ring (bicyclic) bond motifs is 4. The van der Waals surface area contributed by atoms with Gasteiger partial charge in [-0.25, -0.2) is 9.07 Å². The number of anilines is 1. The minimum atomic E-state index is -0.983. The maximum Gasteiger partial charge on any atom is 0.319 e. The number of β-amino-alcohol motifs (C(OH)–C–C–N with tert-alkyl or cyclic N) is 1. The number of aromatic nitrogens is 8. The van der Waals surface area contributed by atoms with Crippen molar-refractivity contribution in [3.63, 3.8) is 0 Å². The zero-order chi connectivity index (χ0) is 56.3. The number of nitrogens with one attached hydrogen (secondary N) is 3. The first-order valence-corrected chi connectivity index (χ1v) is 28.7. The van der Waals surface area contributed by atoms with Crippen molar-refractivity contribution >= 4 is 39.4 Å². The zero-order valence-corrected chi connectivity index (χ0v) is 46.4. The molecule has 4 aromatic carbocycles. The average molecular weight is 1110 g/mol. The highest BCUT2D eigenvalue weighted by Gasteiger charge is 2.44. The number of H-pyrrole nitrogens is 1. The molecule has 4 saturated heterocycles. The Balaban J connectivity index is 0.781. The number of aryl methyl sites for hydroxylation is 1. The second-order valence-electron chi connectivity index (χ2n) is 23.1. The van der Waals surface area contributed by atoms with Crippen LogP contribution in [0.15, 0.2) is 91.5 Å². The van der Waals surface area contributed by atoms with Crippen LogP contribution >= 0.6 is 0 Å². The van der Waals surface area contributed by atoms with E-state index in [9.17, 15) is 19.8 Å². The number of amides is 2. The van der Waals surface area contributed by atoms with E-state index < -0.39 is 30.1 Å². The molecular weight excluding hydrogens is 1040 g/mol. The number of halogens is 1. The summed E-state index contributed by atoms with van der Waals surface area (Å²) in [6.45, 7) is 10.2. The number of pyridine rings is 1. The third kappa shape index (κ3) is 10.2. The largest absolute Gasteiger partial charge is 0.486 e. The van der Waals surface area contributed by atoms with Crippen molar-refractivity contribution in [3.05, 3.63) is 125 Å². The summed E-state index contributed by atoms with van der Waals surface area (Å²) >= 11 is 0. The molecule has 5 aliphatic rings. The standard InChI is InChI=1S/C62H67FN12O7/c1-33(2)57(61(79)74-29-43(77)22-53(74)60(78)67-52(31-76)40-13-11-37(12-14-40)45-15-18-64-25-34(45)3)75-30-51(71-72-75)39-7-5-36(6-8-39)32-81-58-55(54-35(4)49(63)24-50-48(54)27-66-70-50)46(38-9-10-38)23-47-56(58)68-62(82-44-16-19-80-20-17-44)69-59(47)73-28-41-21-42(73)26-65-41/h5-8,11-15,18,23-25,27,30,33,38,41-44,52-53,57,65,76-77H,9-10,16-17,19-22,26,28-29,31-32H2,1-4H3,(H,66,70)(H,67,78)/t41-,42-,43+,52-,53-,57-/m0/s1. The average Bonchev–Trinajstić information content (AvgIpc) is 4.17. The predicted molar refractivity (Wildman–Crippen MR) is 305 cm³/mol. The van der Waals surface area contributed by atoms with E-state index in [4.69, 9.17) is 24.2 Å². The quantitative estimate of drug-likeness (QED) is 0.0585. The molecule has 4 aromatic heterocycles. The lowest BCUT2D eigenvalue weighted by molar-refractivity contribution is -0.142. The number of aromatic amines is 1. The molecule has 2 amide bonds. The van der Waals surface area contributed by atoms with Gasteiger partial charge in [0.25, 0.3) is 0 Å². The Hall–Kier alpha value is -7.91. The first-order chi connectivity index (χ1) is 39.9. The molecule has 1 aliphatic carbocycles. The van der Waals surface area contributed by atoms with Crippen molar-refractivity contribution in [1.82, 2.24) is 55.7 Å². The van der Waals surface area contributed by atoms with E-state index in [0.717, 1.165) is 101 Å². The van der Waals surface area contributed by atoms with Crippen LogP contribution in [0.25, 0.3) is 55.3 Å². The number of benzene rings is 4. The number of aliphatic hydroxyl groups excluding tert-OH is 2. The molecule has 19 nitrogen and oxygen atoms in total. The van der Waals surface area contributed by atoms with Gasteiger partial charge < -0.3 is 44.9 Å². The molecule has 0 spiro atoms. The normalized spacial score (nSPS) is 20.8. The Morgan fingerprint density at radius 3 is 2.44 bits per heavy atom. The molecule has 424 valence electrons. The monoisotopic (exact) mass is 1110 g/mol. The molecular formula is C62H67FN12O7. The SMILES string of the molecule is Cc1cnccc1-c1ccc([C@H](CO)NC(=O)[C@@H]2C[C@@H](O)CN2C(=O)[C@H](C(C)C)n2cc(-c3ccc(COc4c(-c5c(C)c(F)cc6[nH]ncc56)c(C5CC5)cc5c(N6C[C@@H]7C[C@H]6CN7)nc(OC6CCOCC6)nc45)cc3)nn2)cc1. The Kier molecular flexibility index (Phi) is 14.4. The molecule has 13 rings (SSSR count). The van der Waals surface area contributed by atoms with Crippen LogP contribution < -0.4 is 25.0 Å².